The average Bonchev–Trinajstić information content (AvgIpc) is 2.49. The van der Waals surface area contributed by atoms with Crippen molar-refractivity contribution in [1.82, 2.24) is 5.32 Å². The van der Waals surface area contributed by atoms with Gasteiger partial charge in [-0.25, -0.2) is 0 Å². The van der Waals surface area contributed by atoms with Crippen LogP contribution in [0.15, 0.2) is 28.4 Å². The van der Waals surface area contributed by atoms with Crippen LogP contribution in [0.1, 0.15) is 45.0 Å². The van der Waals surface area contributed by atoms with Crippen molar-refractivity contribution in [2.45, 2.75) is 40.7 Å². The van der Waals surface area contributed by atoms with Crippen molar-refractivity contribution in [3.05, 3.63) is 39.0 Å². The number of ether oxygens (including phenoxy) is 1. The van der Waals surface area contributed by atoms with E-state index in [-0.39, 0.29) is 23.8 Å². The Bertz CT molecular complexity index is 623. The molecule has 0 aliphatic carbocycles. The van der Waals surface area contributed by atoms with Crippen molar-refractivity contribution in [3.63, 3.8) is 0 Å². The Morgan fingerprint density at radius 2 is 2.08 bits per heavy atom. The molecule has 0 radical (unpaired) electrons. The summed E-state index contributed by atoms with van der Waals surface area (Å²) in [4.78, 5) is 12.7. The van der Waals surface area contributed by atoms with E-state index in [2.05, 4.69) is 21.2 Å². The topological polar surface area (TPSA) is 58.6 Å². The predicted molar refractivity (Wildman–Crippen MR) is 102 cm³/mol. The molecule has 0 bridgehead atoms. The summed E-state index contributed by atoms with van der Waals surface area (Å²) in [7, 11) is 0. The molecule has 0 heterocycles. The molecule has 0 aliphatic heterocycles. The van der Waals surface area contributed by atoms with Crippen molar-refractivity contribution < 1.29 is 14.6 Å². The first kappa shape index (κ1) is 21.0. The third-order valence-corrected chi connectivity index (χ3v) is 4.48. The summed E-state index contributed by atoms with van der Waals surface area (Å²) < 4.78 is 6.19. The number of aliphatic hydroxyl groups excluding tert-OH is 1. The van der Waals surface area contributed by atoms with Gasteiger partial charge in [0.05, 0.1) is 24.3 Å². The van der Waals surface area contributed by atoms with Crippen LogP contribution in [0.5, 0.6) is 5.75 Å². The third-order valence-electron chi connectivity index (χ3n) is 3.64. The lowest BCUT2D eigenvalue weighted by atomic mass is 9.87. The molecule has 0 spiro atoms. The number of benzene rings is 1. The smallest absolute Gasteiger partial charge is 0.191 e. The molecule has 0 saturated heterocycles. The monoisotopic (exact) mass is 417 g/mol. The number of rotatable bonds is 7. The molecule has 134 valence electrons. The minimum Gasteiger partial charge on any atom is -0.492 e. The van der Waals surface area contributed by atoms with Crippen LogP contribution in [-0.4, -0.2) is 30.1 Å². The zero-order valence-corrected chi connectivity index (χ0v) is 17.1. The number of Topliss-reactive ketones (excluding diaryl/α,β-unsaturated/α-hetero) is 1. The molecule has 0 unspecified atom stereocenters. The largest absolute Gasteiger partial charge is 0.492 e. The molecule has 0 aliphatic rings. The lowest BCUT2D eigenvalue weighted by molar-refractivity contribution is 0.103. The Morgan fingerprint density at radius 1 is 1.46 bits per heavy atom. The summed E-state index contributed by atoms with van der Waals surface area (Å²) in [5, 5.41) is 12.9. The number of allylic oxidation sites excluding steroid dienone is 1. The van der Waals surface area contributed by atoms with Crippen LogP contribution in [0.3, 0.4) is 0 Å². The number of ketones is 1. The molecule has 4 nitrogen and oxygen atoms in total. The standard InChI is InChI=1S/C18H25BrClNO3/c1-6-24-14-8-12(19)7-13(16(14)20)17(23)11(2)9-21-15(10-22)18(3,4)5/h7-9,15,21-22H,6,10H2,1-5H3/t15-/m1/s1. The van der Waals surface area contributed by atoms with Gasteiger partial charge in [0.2, 0.25) is 0 Å². The van der Waals surface area contributed by atoms with E-state index in [9.17, 15) is 9.90 Å². The zero-order valence-electron chi connectivity index (χ0n) is 14.7. The van der Waals surface area contributed by atoms with E-state index >= 15 is 0 Å². The number of nitrogens with one attached hydrogen (secondary N) is 1. The summed E-state index contributed by atoms with van der Waals surface area (Å²) in [6.07, 6.45) is 1.63. The van der Waals surface area contributed by atoms with E-state index < -0.39 is 0 Å². The minimum atomic E-state index is -0.194. The van der Waals surface area contributed by atoms with E-state index in [1.807, 2.05) is 27.7 Å². The highest BCUT2D eigenvalue weighted by Crippen LogP contribution is 2.33. The van der Waals surface area contributed by atoms with Crippen molar-refractivity contribution in [2.24, 2.45) is 5.41 Å². The van der Waals surface area contributed by atoms with Crippen LogP contribution in [0.2, 0.25) is 5.02 Å². The molecule has 6 heteroatoms. The summed E-state index contributed by atoms with van der Waals surface area (Å²) in [6.45, 7) is 10.1. The quantitative estimate of drug-likeness (QED) is 0.502. The van der Waals surface area contributed by atoms with Crippen LogP contribution in [-0.2, 0) is 0 Å². The molecule has 1 aromatic carbocycles. The summed E-state index contributed by atoms with van der Waals surface area (Å²) in [6, 6.07) is 3.26. The lowest BCUT2D eigenvalue weighted by Gasteiger charge is -2.29. The fourth-order valence-corrected chi connectivity index (χ4v) is 2.76. The van der Waals surface area contributed by atoms with Crippen molar-refractivity contribution in [1.29, 1.82) is 0 Å². The average molecular weight is 419 g/mol. The van der Waals surface area contributed by atoms with Gasteiger partial charge in [0.15, 0.2) is 5.78 Å². The van der Waals surface area contributed by atoms with Crippen molar-refractivity contribution >= 4 is 33.3 Å². The molecule has 1 aromatic rings. The van der Waals surface area contributed by atoms with E-state index in [0.29, 0.717) is 28.5 Å². The van der Waals surface area contributed by atoms with E-state index in [0.717, 1.165) is 4.47 Å². The Morgan fingerprint density at radius 3 is 2.58 bits per heavy atom. The van der Waals surface area contributed by atoms with E-state index in [4.69, 9.17) is 16.3 Å². The summed E-state index contributed by atoms with van der Waals surface area (Å²) in [5.74, 6) is 0.279. The number of hydrogen-bond donors (Lipinski definition) is 2. The Hall–Kier alpha value is -1.04. The van der Waals surface area contributed by atoms with Crippen LogP contribution in [0.25, 0.3) is 0 Å². The van der Waals surface area contributed by atoms with Gasteiger partial charge in [-0.3, -0.25) is 4.79 Å². The molecule has 0 aromatic heterocycles. The fourth-order valence-electron chi connectivity index (χ4n) is 2.07. The second-order valence-corrected chi connectivity index (χ2v) is 7.92. The molecule has 1 rings (SSSR count). The first-order valence-corrected chi connectivity index (χ1v) is 8.99. The highest BCUT2D eigenvalue weighted by Gasteiger charge is 2.23. The Balaban J connectivity index is 3.07. The molecule has 0 amide bonds. The van der Waals surface area contributed by atoms with Crippen molar-refractivity contribution in [3.8, 4) is 5.75 Å². The number of carbonyl (C=O) groups is 1. The van der Waals surface area contributed by atoms with E-state index in [1.165, 1.54) is 0 Å². The van der Waals surface area contributed by atoms with Gasteiger partial charge in [-0.15, -0.1) is 0 Å². The van der Waals surface area contributed by atoms with Gasteiger partial charge < -0.3 is 15.2 Å². The predicted octanol–water partition coefficient (Wildman–Crippen LogP) is 4.58. The number of aliphatic hydroxyl groups is 1. The molecular weight excluding hydrogens is 394 g/mol. The van der Waals surface area contributed by atoms with Gasteiger partial charge in [-0.1, -0.05) is 48.3 Å². The Labute approximate surface area is 157 Å². The molecule has 1 atom stereocenters. The van der Waals surface area contributed by atoms with Gasteiger partial charge in [0.25, 0.3) is 0 Å². The Kier molecular flexibility index (Phi) is 7.77. The van der Waals surface area contributed by atoms with Gasteiger partial charge >= 0.3 is 0 Å². The summed E-state index contributed by atoms with van der Waals surface area (Å²) in [5.41, 5.74) is 0.742. The van der Waals surface area contributed by atoms with Gasteiger partial charge in [-0.2, -0.15) is 0 Å². The fraction of sp³-hybridized carbons (Fsp3) is 0.500. The van der Waals surface area contributed by atoms with Crippen LogP contribution in [0.4, 0.5) is 0 Å². The second kappa shape index (κ2) is 8.88. The van der Waals surface area contributed by atoms with Gasteiger partial charge in [0.1, 0.15) is 5.75 Å². The molecule has 2 N–H and O–H groups in total. The normalized spacial score (nSPS) is 13.6. The number of halogens is 2. The lowest BCUT2D eigenvalue weighted by Crippen LogP contribution is -2.40. The molecule has 0 saturated carbocycles. The third kappa shape index (κ3) is 5.50. The van der Waals surface area contributed by atoms with E-state index in [1.54, 1.807) is 25.3 Å². The number of carbonyl (C=O) groups excluding carboxylic acids is 1. The molecule has 24 heavy (non-hydrogen) atoms. The SMILES string of the molecule is CCOc1cc(Br)cc(C(=O)C(C)=CN[C@H](CO)C(C)(C)C)c1Cl. The highest BCUT2D eigenvalue weighted by atomic mass is 79.9. The first-order valence-electron chi connectivity index (χ1n) is 7.82. The first-order chi connectivity index (χ1) is 11.1. The van der Waals surface area contributed by atoms with Crippen LogP contribution < -0.4 is 10.1 Å². The van der Waals surface area contributed by atoms with Gasteiger partial charge in [0, 0.05) is 21.8 Å². The number of hydrogen-bond acceptors (Lipinski definition) is 4. The van der Waals surface area contributed by atoms with Crippen molar-refractivity contribution in [2.75, 3.05) is 13.2 Å². The maximum Gasteiger partial charge on any atom is 0.191 e. The molecular formula is C18H25BrClNO3. The maximum atomic E-state index is 12.7. The highest BCUT2D eigenvalue weighted by molar-refractivity contribution is 9.10. The van der Waals surface area contributed by atoms with Gasteiger partial charge in [-0.05, 0) is 31.4 Å². The van der Waals surface area contributed by atoms with Crippen LogP contribution >= 0.6 is 27.5 Å². The summed E-state index contributed by atoms with van der Waals surface area (Å²) >= 11 is 9.68. The zero-order chi connectivity index (χ0) is 18.5. The second-order valence-electron chi connectivity index (χ2n) is 6.62. The van der Waals surface area contributed by atoms with Crippen LogP contribution in [0, 0.1) is 5.41 Å². The molecule has 0 fully saturated rings. The minimum absolute atomic E-state index is 0.0202. The maximum absolute atomic E-state index is 12.7.